The average Bonchev–Trinajstić information content (AvgIpc) is 2.09. The van der Waals surface area contributed by atoms with Gasteiger partial charge < -0.3 is 4.74 Å². The molecular formula is C8H15NO2S. The molecule has 1 fully saturated rings. The molecule has 0 aromatic carbocycles. The molecule has 0 saturated carbocycles. The molecule has 0 bridgehead atoms. The van der Waals surface area contributed by atoms with Gasteiger partial charge in [-0.05, 0) is 14.0 Å². The topological polar surface area (TPSA) is 29.5 Å². The predicted octanol–water partition coefficient (Wildman–Crippen LogP) is 0.597. The van der Waals surface area contributed by atoms with Crippen LogP contribution < -0.4 is 0 Å². The first-order valence-corrected chi connectivity index (χ1v) is 5.14. The van der Waals surface area contributed by atoms with Crippen LogP contribution >= 0.6 is 11.8 Å². The van der Waals surface area contributed by atoms with Crippen molar-refractivity contribution >= 4 is 17.7 Å². The second kappa shape index (κ2) is 3.66. The van der Waals surface area contributed by atoms with Gasteiger partial charge in [-0.25, -0.2) is 0 Å². The second-order valence-corrected chi connectivity index (χ2v) is 4.34. The molecule has 1 saturated heterocycles. The third-order valence-corrected chi connectivity index (χ3v) is 3.66. The lowest BCUT2D eigenvalue weighted by Gasteiger charge is -2.39. The molecule has 1 heterocycles. The van der Waals surface area contributed by atoms with E-state index in [4.69, 9.17) is 4.74 Å². The van der Waals surface area contributed by atoms with E-state index in [1.54, 1.807) is 11.8 Å². The molecule has 0 N–H and O–H groups in total. The van der Waals surface area contributed by atoms with Gasteiger partial charge in [0.25, 0.3) is 0 Å². The Morgan fingerprint density at radius 3 is 2.83 bits per heavy atom. The number of carbonyl (C=O) groups is 1. The van der Waals surface area contributed by atoms with Gasteiger partial charge in [0.2, 0.25) is 0 Å². The lowest BCUT2D eigenvalue weighted by atomic mass is 10.0. The lowest BCUT2D eigenvalue weighted by Crippen LogP contribution is -2.56. The minimum atomic E-state index is -0.419. The monoisotopic (exact) mass is 189 g/mol. The fraction of sp³-hybridized carbons (Fsp3) is 0.875. The highest BCUT2D eigenvalue weighted by molar-refractivity contribution is 7.99. The van der Waals surface area contributed by atoms with Crippen molar-refractivity contribution in [2.24, 2.45) is 0 Å². The lowest BCUT2D eigenvalue weighted by molar-refractivity contribution is -0.152. The largest absolute Gasteiger partial charge is 0.468 e. The van der Waals surface area contributed by atoms with Crippen molar-refractivity contribution in [2.45, 2.75) is 12.5 Å². The van der Waals surface area contributed by atoms with E-state index < -0.39 is 5.54 Å². The Morgan fingerprint density at radius 2 is 2.33 bits per heavy atom. The van der Waals surface area contributed by atoms with Crippen LogP contribution in [0.25, 0.3) is 0 Å². The van der Waals surface area contributed by atoms with E-state index in [9.17, 15) is 4.79 Å². The molecule has 0 radical (unpaired) electrons. The van der Waals surface area contributed by atoms with Crippen LogP contribution in [-0.2, 0) is 9.53 Å². The van der Waals surface area contributed by atoms with Crippen molar-refractivity contribution in [3.05, 3.63) is 0 Å². The Morgan fingerprint density at radius 1 is 1.67 bits per heavy atom. The van der Waals surface area contributed by atoms with Crippen LogP contribution in [0.5, 0.6) is 0 Å². The van der Waals surface area contributed by atoms with E-state index in [2.05, 4.69) is 4.90 Å². The van der Waals surface area contributed by atoms with Crippen LogP contribution in [0.1, 0.15) is 6.92 Å². The molecule has 0 aromatic rings. The fourth-order valence-electron chi connectivity index (χ4n) is 1.26. The third kappa shape index (κ3) is 1.59. The number of carbonyl (C=O) groups excluding carboxylic acids is 1. The minimum Gasteiger partial charge on any atom is -0.468 e. The first-order valence-electron chi connectivity index (χ1n) is 3.98. The summed E-state index contributed by atoms with van der Waals surface area (Å²) in [7, 11) is 3.41. The van der Waals surface area contributed by atoms with Crippen LogP contribution in [0.3, 0.4) is 0 Å². The first kappa shape index (κ1) is 9.86. The van der Waals surface area contributed by atoms with E-state index in [0.717, 1.165) is 18.1 Å². The minimum absolute atomic E-state index is 0.128. The molecule has 0 spiro atoms. The van der Waals surface area contributed by atoms with E-state index >= 15 is 0 Å². The van der Waals surface area contributed by atoms with Crippen molar-refractivity contribution in [3.8, 4) is 0 Å². The highest BCUT2D eigenvalue weighted by Crippen LogP contribution is 2.25. The zero-order valence-electron chi connectivity index (χ0n) is 7.79. The van der Waals surface area contributed by atoms with Crippen molar-refractivity contribution in [1.82, 2.24) is 4.90 Å². The quantitative estimate of drug-likeness (QED) is 0.565. The number of hydrogen-bond donors (Lipinski definition) is 0. The molecular weight excluding hydrogens is 174 g/mol. The number of thioether (sulfide) groups is 1. The van der Waals surface area contributed by atoms with Gasteiger partial charge in [0, 0.05) is 18.1 Å². The summed E-state index contributed by atoms with van der Waals surface area (Å²) >= 11 is 1.81. The van der Waals surface area contributed by atoms with Crippen LogP contribution in [-0.4, -0.2) is 48.6 Å². The van der Waals surface area contributed by atoms with Crippen molar-refractivity contribution < 1.29 is 9.53 Å². The maximum absolute atomic E-state index is 11.4. The van der Waals surface area contributed by atoms with E-state index in [0.29, 0.717) is 0 Å². The summed E-state index contributed by atoms with van der Waals surface area (Å²) in [5, 5.41) is 0. The number of methoxy groups -OCH3 is 1. The molecule has 1 aliphatic heterocycles. The fourth-order valence-corrected chi connectivity index (χ4v) is 2.55. The smallest absolute Gasteiger partial charge is 0.326 e. The second-order valence-electron chi connectivity index (χ2n) is 3.24. The Balaban J connectivity index is 2.72. The zero-order valence-corrected chi connectivity index (χ0v) is 8.61. The summed E-state index contributed by atoms with van der Waals surface area (Å²) in [4.78, 5) is 13.5. The van der Waals surface area contributed by atoms with Gasteiger partial charge >= 0.3 is 5.97 Å². The van der Waals surface area contributed by atoms with Gasteiger partial charge in [-0.15, -0.1) is 0 Å². The number of rotatable bonds is 1. The molecule has 4 heteroatoms. The SMILES string of the molecule is COC(=O)C1(C)CSCCN1C. The number of esters is 1. The van der Waals surface area contributed by atoms with Crippen LogP contribution in [0.15, 0.2) is 0 Å². The van der Waals surface area contributed by atoms with Gasteiger partial charge in [0.15, 0.2) is 0 Å². The Bertz CT molecular complexity index is 186. The van der Waals surface area contributed by atoms with Crippen LogP contribution in [0.2, 0.25) is 0 Å². The number of hydrogen-bond acceptors (Lipinski definition) is 4. The Kier molecular flexibility index (Phi) is 3.01. The highest BCUT2D eigenvalue weighted by Gasteiger charge is 2.40. The maximum Gasteiger partial charge on any atom is 0.326 e. The van der Waals surface area contributed by atoms with Crippen LogP contribution in [0, 0.1) is 0 Å². The molecule has 70 valence electrons. The molecule has 1 atom stereocenters. The summed E-state index contributed by atoms with van der Waals surface area (Å²) in [6, 6.07) is 0. The number of nitrogens with zero attached hydrogens (tertiary/aromatic N) is 1. The van der Waals surface area contributed by atoms with Crippen molar-refractivity contribution in [1.29, 1.82) is 0 Å². The van der Waals surface area contributed by atoms with Gasteiger partial charge in [-0.1, -0.05) is 0 Å². The molecule has 0 amide bonds. The Labute approximate surface area is 77.4 Å². The molecule has 12 heavy (non-hydrogen) atoms. The van der Waals surface area contributed by atoms with E-state index in [1.165, 1.54) is 7.11 Å². The summed E-state index contributed by atoms with van der Waals surface area (Å²) in [5.74, 6) is 1.80. The molecule has 0 aliphatic carbocycles. The molecule has 1 rings (SSSR count). The van der Waals surface area contributed by atoms with E-state index in [1.807, 2.05) is 14.0 Å². The van der Waals surface area contributed by atoms with Gasteiger partial charge in [-0.3, -0.25) is 9.69 Å². The van der Waals surface area contributed by atoms with Gasteiger partial charge in [0.05, 0.1) is 7.11 Å². The van der Waals surface area contributed by atoms with Crippen molar-refractivity contribution in [3.63, 3.8) is 0 Å². The van der Waals surface area contributed by atoms with Crippen molar-refractivity contribution in [2.75, 3.05) is 32.2 Å². The summed E-state index contributed by atoms with van der Waals surface area (Å²) < 4.78 is 4.77. The van der Waals surface area contributed by atoms with Gasteiger partial charge in [0.1, 0.15) is 5.54 Å². The Hall–Kier alpha value is -0.220. The first-order chi connectivity index (χ1) is 5.61. The van der Waals surface area contributed by atoms with Crippen LogP contribution in [0.4, 0.5) is 0 Å². The maximum atomic E-state index is 11.4. The zero-order chi connectivity index (χ0) is 9.19. The highest BCUT2D eigenvalue weighted by atomic mass is 32.2. The van der Waals surface area contributed by atoms with Gasteiger partial charge in [-0.2, -0.15) is 11.8 Å². The normalized spacial score (nSPS) is 31.6. The standard InChI is InChI=1S/C8H15NO2S/c1-8(7(10)11-3)6-12-5-4-9(8)2/h4-6H2,1-3H3. The molecule has 1 aliphatic rings. The summed E-state index contributed by atoms with van der Waals surface area (Å²) in [6.07, 6.45) is 0. The number of ether oxygens (including phenoxy) is 1. The molecule has 1 unspecified atom stereocenters. The number of likely N-dealkylation sites (N-methyl/N-ethyl adjacent to an activating group) is 1. The third-order valence-electron chi connectivity index (χ3n) is 2.42. The summed E-state index contributed by atoms with van der Waals surface area (Å²) in [6.45, 7) is 2.89. The molecule has 3 nitrogen and oxygen atoms in total. The molecule has 0 aromatic heterocycles. The average molecular weight is 189 g/mol. The summed E-state index contributed by atoms with van der Waals surface area (Å²) in [5.41, 5.74) is -0.419. The predicted molar refractivity (Wildman–Crippen MR) is 50.4 cm³/mol. The van der Waals surface area contributed by atoms with E-state index in [-0.39, 0.29) is 5.97 Å².